The highest BCUT2D eigenvalue weighted by molar-refractivity contribution is 5.76. The Labute approximate surface area is 317 Å². The molecule has 0 bridgehead atoms. The second-order valence-electron chi connectivity index (χ2n) is 14.9. The summed E-state index contributed by atoms with van der Waals surface area (Å²) < 4.78 is 12.8. The highest BCUT2D eigenvalue weighted by Gasteiger charge is 2.36. The third-order valence-corrected chi connectivity index (χ3v) is 10.0. The fourth-order valence-corrected chi connectivity index (χ4v) is 6.67. The Balaban J connectivity index is 2.18. The fourth-order valence-electron chi connectivity index (χ4n) is 6.67. The van der Waals surface area contributed by atoms with Crippen molar-refractivity contribution < 1.29 is 14.3 Å². The van der Waals surface area contributed by atoms with Crippen LogP contribution in [0.5, 0.6) is 0 Å². The van der Waals surface area contributed by atoms with Crippen LogP contribution in [0.1, 0.15) is 194 Å². The number of hydrogen-bond donors (Lipinski definition) is 1. The lowest BCUT2D eigenvalue weighted by Crippen LogP contribution is -2.30. The van der Waals surface area contributed by atoms with Crippen LogP contribution in [-0.2, 0) is 14.3 Å². The Morgan fingerprint density at radius 2 is 0.882 bits per heavy atom. The zero-order chi connectivity index (χ0) is 36.7. The molecule has 0 radical (unpaired) electrons. The lowest BCUT2D eigenvalue weighted by Gasteiger charge is -2.19. The number of carbonyl (C=O) groups is 1. The highest BCUT2D eigenvalue weighted by atomic mass is 16.5. The van der Waals surface area contributed by atoms with E-state index in [1.165, 1.54) is 128 Å². The van der Waals surface area contributed by atoms with Gasteiger partial charge in [0.05, 0.1) is 0 Å². The average molecular weight is 713 g/mol. The van der Waals surface area contributed by atoms with Crippen LogP contribution in [0.4, 0.5) is 0 Å². The first-order valence-electron chi connectivity index (χ1n) is 22.0. The Morgan fingerprint density at radius 3 is 1.29 bits per heavy atom. The van der Waals surface area contributed by atoms with Crippen molar-refractivity contribution in [2.24, 2.45) is 5.73 Å². The van der Waals surface area contributed by atoms with Crippen molar-refractivity contribution in [2.45, 2.75) is 206 Å². The molecule has 1 aliphatic rings. The lowest BCUT2D eigenvalue weighted by molar-refractivity contribution is -0.131. The number of amides is 1. The van der Waals surface area contributed by atoms with Crippen LogP contribution in [-0.4, -0.2) is 55.9 Å². The molecule has 2 N–H and O–H groups in total. The van der Waals surface area contributed by atoms with Crippen LogP contribution < -0.4 is 5.73 Å². The molecular weight excluding hydrogens is 629 g/mol. The maximum absolute atomic E-state index is 12.9. The molecule has 1 rings (SSSR count). The van der Waals surface area contributed by atoms with E-state index < -0.39 is 0 Å². The molecule has 5 heteroatoms. The Bertz CT molecular complexity index is 809. The summed E-state index contributed by atoms with van der Waals surface area (Å²) >= 11 is 0. The molecule has 0 aromatic heterocycles. The van der Waals surface area contributed by atoms with Gasteiger partial charge in [-0.2, -0.15) is 0 Å². The van der Waals surface area contributed by atoms with Crippen molar-refractivity contribution in [3.63, 3.8) is 0 Å². The number of nitrogens with two attached hydrogens (primary N) is 1. The molecule has 1 amide bonds. The predicted octanol–water partition coefficient (Wildman–Crippen LogP) is 12.7. The van der Waals surface area contributed by atoms with E-state index in [1.807, 2.05) is 4.90 Å². The normalized spacial score (nSPS) is 16.7. The molecule has 0 spiro atoms. The van der Waals surface area contributed by atoms with Crippen molar-refractivity contribution in [2.75, 3.05) is 32.8 Å². The summed E-state index contributed by atoms with van der Waals surface area (Å²) in [5.74, 6) is 0.245. The summed E-state index contributed by atoms with van der Waals surface area (Å²) in [7, 11) is 0. The summed E-state index contributed by atoms with van der Waals surface area (Å²) in [6, 6.07) is 0. The minimum Gasteiger partial charge on any atom is -0.374 e. The number of hydrogen-bond acceptors (Lipinski definition) is 4. The molecule has 1 unspecified atom stereocenters. The van der Waals surface area contributed by atoms with Crippen molar-refractivity contribution in [1.29, 1.82) is 0 Å². The average Bonchev–Trinajstić information content (AvgIpc) is 3.55. The third kappa shape index (κ3) is 30.5. The highest BCUT2D eigenvalue weighted by Crippen LogP contribution is 2.21. The van der Waals surface area contributed by atoms with E-state index in [2.05, 4.69) is 62.5 Å². The second-order valence-corrected chi connectivity index (χ2v) is 14.9. The van der Waals surface area contributed by atoms with Crippen LogP contribution in [0.2, 0.25) is 0 Å². The Kier molecular flexibility index (Phi) is 35.3. The molecule has 0 aromatic rings. The van der Waals surface area contributed by atoms with Crippen molar-refractivity contribution >= 4 is 5.91 Å². The molecule has 1 aliphatic heterocycles. The zero-order valence-corrected chi connectivity index (χ0v) is 33.9. The van der Waals surface area contributed by atoms with E-state index in [9.17, 15) is 4.79 Å². The largest absolute Gasteiger partial charge is 0.374 e. The van der Waals surface area contributed by atoms with Gasteiger partial charge in [0.1, 0.15) is 12.2 Å². The SMILES string of the molecule is CCCCCC=CCC=CCCCCCCCCOC1CN(C(=O)CCCCCN)C[C@H]1OCCCCCCCCC=CCC=CCCCCC. The zero-order valence-electron chi connectivity index (χ0n) is 33.9. The Morgan fingerprint density at radius 1 is 0.510 bits per heavy atom. The van der Waals surface area contributed by atoms with Gasteiger partial charge in [0.15, 0.2) is 0 Å². The quantitative estimate of drug-likeness (QED) is 0.0514. The molecule has 296 valence electrons. The van der Waals surface area contributed by atoms with Crippen molar-refractivity contribution in [1.82, 2.24) is 4.90 Å². The molecular formula is C46H84N2O3. The van der Waals surface area contributed by atoms with Crippen molar-refractivity contribution in [3.05, 3.63) is 48.6 Å². The van der Waals surface area contributed by atoms with Gasteiger partial charge in [-0.3, -0.25) is 4.79 Å². The Hall–Kier alpha value is -1.69. The molecule has 1 saturated heterocycles. The molecule has 1 fully saturated rings. The third-order valence-electron chi connectivity index (χ3n) is 10.0. The summed E-state index contributed by atoms with van der Waals surface area (Å²) in [4.78, 5) is 14.9. The van der Waals surface area contributed by atoms with Crippen LogP contribution in [0.3, 0.4) is 0 Å². The van der Waals surface area contributed by atoms with Crippen LogP contribution in [0.25, 0.3) is 0 Å². The fraction of sp³-hybridized carbons (Fsp3) is 0.804. The maximum atomic E-state index is 12.9. The minimum atomic E-state index is 0.000526. The first kappa shape index (κ1) is 47.3. The molecule has 0 saturated carbocycles. The number of likely N-dealkylation sites (tertiary alicyclic amines) is 1. The van der Waals surface area contributed by atoms with E-state index in [0.717, 1.165) is 58.2 Å². The number of ether oxygens (including phenoxy) is 2. The van der Waals surface area contributed by atoms with E-state index >= 15 is 0 Å². The van der Waals surface area contributed by atoms with Crippen LogP contribution in [0.15, 0.2) is 48.6 Å². The number of carbonyl (C=O) groups excluding carboxylic acids is 1. The summed E-state index contributed by atoms with van der Waals surface area (Å²) in [5.41, 5.74) is 5.64. The molecule has 51 heavy (non-hydrogen) atoms. The molecule has 2 atom stereocenters. The van der Waals surface area contributed by atoms with Crippen LogP contribution >= 0.6 is 0 Å². The number of nitrogens with zero attached hydrogens (tertiary/aromatic N) is 1. The standard InChI is InChI=1S/C46H84N2O3/c1-3-5-7-9-11-13-15-17-19-21-23-25-27-29-31-36-40-50-44-42-48(46(49)38-34-33-35-39-47)43-45(44)51-41-37-32-30-28-26-24-22-20-18-16-14-12-10-8-6-4-2/h11-14,17-20,44-45H,3-10,15-16,21-43,47H2,1-2H3/t44-,45?/m1/s1. The first-order valence-corrected chi connectivity index (χ1v) is 22.0. The number of unbranched alkanes of at least 4 members (excludes halogenated alkanes) is 20. The van der Waals surface area contributed by atoms with Gasteiger partial charge in [0.25, 0.3) is 0 Å². The van der Waals surface area contributed by atoms with Gasteiger partial charge in [-0.05, 0) is 96.4 Å². The lowest BCUT2D eigenvalue weighted by atomic mass is 10.1. The molecule has 0 aliphatic carbocycles. The van der Waals surface area contributed by atoms with E-state index in [0.29, 0.717) is 26.1 Å². The van der Waals surface area contributed by atoms with Gasteiger partial charge in [0, 0.05) is 32.7 Å². The molecule has 5 nitrogen and oxygen atoms in total. The number of rotatable bonds is 37. The summed E-state index contributed by atoms with van der Waals surface area (Å²) in [6.45, 7) is 8.10. The second kappa shape index (κ2) is 38.0. The smallest absolute Gasteiger partial charge is 0.222 e. The van der Waals surface area contributed by atoms with Gasteiger partial charge in [-0.25, -0.2) is 0 Å². The van der Waals surface area contributed by atoms with Crippen molar-refractivity contribution in [3.8, 4) is 0 Å². The van der Waals surface area contributed by atoms with Gasteiger partial charge in [-0.1, -0.05) is 146 Å². The molecule has 0 aromatic carbocycles. The topological polar surface area (TPSA) is 64.8 Å². The first-order chi connectivity index (χ1) is 25.2. The maximum Gasteiger partial charge on any atom is 0.222 e. The summed E-state index contributed by atoms with van der Waals surface area (Å²) in [5, 5.41) is 0. The van der Waals surface area contributed by atoms with Gasteiger partial charge < -0.3 is 20.1 Å². The monoisotopic (exact) mass is 713 g/mol. The predicted molar refractivity (Wildman–Crippen MR) is 222 cm³/mol. The summed E-state index contributed by atoms with van der Waals surface area (Å²) in [6.07, 6.45) is 52.2. The number of allylic oxidation sites excluding steroid dienone is 8. The molecule has 1 heterocycles. The van der Waals surface area contributed by atoms with Gasteiger partial charge in [-0.15, -0.1) is 0 Å². The minimum absolute atomic E-state index is 0.000526. The van der Waals surface area contributed by atoms with Crippen LogP contribution in [0, 0.1) is 0 Å². The van der Waals surface area contributed by atoms with E-state index in [-0.39, 0.29) is 18.1 Å². The van der Waals surface area contributed by atoms with Gasteiger partial charge >= 0.3 is 0 Å². The van der Waals surface area contributed by atoms with E-state index in [1.54, 1.807) is 0 Å². The van der Waals surface area contributed by atoms with Gasteiger partial charge in [0.2, 0.25) is 5.91 Å². The van der Waals surface area contributed by atoms with E-state index in [4.69, 9.17) is 15.2 Å².